The van der Waals surface area contributed by atoms with Gasteiger partial charge in [0.2, 0.25) is 0 Å². The first-order valence-electron chi connectivity index (χ1n) is 4.09. The van der Waals surface area contributed by atoms with Crippen LogP contribution < -0.4 is 0 Å². The highest BCUT2D eigenvalue weighted by atomic mass is 16.7. The lowest BCUT2D eigenvalue weighted by Gasteiger charge is -2.45. The molecule has 1 aliphatic carbocycles. The zero-order valence-corrected chi connectivity index (χ0v) is 6.43. The average molecular weight is 142 g/mol. The van der Waals surface area contributed by atoms with E-state index in [9.17, 15) is 0 Å². The minimum Gasteiger partial charge on any atom is -0.350 e. The monoisotopic (exact) mass is 142 g/mol. The van der Waals surface area contributed by atoms with Gasteiger partial charge in [0.1, 0.15) is 0 Å². The number of rotatable bonds is 0. The molecule has 0 amide bonds. The SMILES string of the molecule is CC1COC2(CCC2)OC1. The summed E-state index contributed by atoms with van der Waals surface area (Å²) in [7, 11) is 0. The van der Waals surface area contributed by atoms with E-state index in [0.29, 0.717) is 5.92 Å². The maximum Gasteiger partial charge on any atom is 0.168 e. The van der Waals surface area contributed by atoms with Gasteiger partial charge in [-0.15, -0.1) is 0 Å². The van der Waals surface area contributed by atoms with E-state index in [4.69, 9.17) is 9.47 Å². The molecule has 10 heavy (non-hydrogen) atoms. The molecule has 0 unspecified atom stereocenters. The Labute approximate surface area is 61.5 Å². The summed E-state index contributed by atoms with van der Waals surface area (Å²) in [6.45, 7) is 3.94. The Morgan fingerprint density at radius 1 is 1.20 bits per heavy atom. The Hall–Kier alpha value is -0.0800. The maximum atomic E-state index is 5.59. The fraction of sp³-hybridized carbons (Fsp3) is 1.00. The Kier molecular flexibility index (Phi) is 1.46. The standard InChI is InChI=1S/C8H14O2/c1-7-5-9-8(10-6-7)3-2-4-8/h7H,2-6H2,1H3. The van der Waals surface area contributed by atoms with Crippen LogP contribution in [0, 0.1) is 5.92 Å². The van der Waals surface area contributed by atoms with Gasteiger partial charge < -0.3 is 9.47 Å². The molecule has 0 aromatic carbocycles. The van der Waals surface area contributed by atoms with E-state index in [1.54, 1.807) is 0 Å². The van der Waals surface area contributed by atoms with Crippen molar-refractivity contribution in [2.45, 2.75) is 32.0 Å². The highest BCUT2D eigenvalue weighted by molar-refractivity contribution is 4.83. The third-order valence-corrected chi connectivity index (χ3v) is 2.38. The van der Waals surface area contributed by atoms with Crippen LogP contribution >= 0.6 is 0 Å². The molecule has 2 nitrogen and oxygen atoms in total. The summed E-state index contributed by atoms with van der Waals surface area (Å²) in [4.78, 5) is 0. The van der Waals surface area contributed by atoms with Crippen LogP contribution in [0.2, 0.25) is 0 Å². The van der Waals surface area contributed by atoms with Crippen LogP contribution in [0.25, 0.3) is 0 Å². The molecule has 0 aromatic rings. The van der Waals surface area contributed by atoms with Gasteiger partial charge in [-0.3, -0.25) is 0 Å². The lowest BCUT2D eigenvalue weighted by atomic mass is 9.90. The molecule has 2 fully saturated rings. The molecule has 1 heterocycles. The van der Waals surface area contributed by atoms with Gasteiger partial charge in [0.15, 0.2) is 5.79 Å². The molecule has 2 aliphatic rings. The van der Waals surface area contributed by atoms with Crippen molar-refractivity contribution in [2.75, 3.05) is 13.2 Å². The van der Waals surface area contributed by atoms with E-state index >= 15 is 0 Å². The van der Waals surface area contributed by atoms with Crippen molar-refractivity contribution in [3.8, 4) is 0 Å². The van der Waals surface area contributed by atoms with Gasteiger partial charge in [-0.2, -0.15) is 0 Å². The van der Waals surface area contributed by atoms with Gasteiger partial charge in [-0.05, 0) is 6.42 Å². The number of hydrogen-bond donors (Lipinski definition) is 0. The molecule has 1 saturated carbocycles. The summed E-state index contributed by atoms with van der Waals surface area (Å²) in [6, 6.07) is 0. The largest absolute Gasteiger partial charge is 0.350 e. The van der Waals surface area contributed by atoms with Crippen molar-refractivity contribution in [2.24, 2.45) is 5.92 Å². The molecule has 0 atom stereocenters. The zero-order valence-electron chi connectivity index (χ0n) is 6.43. The second kappa shape index (κ2) is 2.21. The molecule has 1 spiro atoms. The van der Waals surface area contributed by atoms with Gasteiger partial charge in [-0.25, -0.2) is 0 Å². The number of hydrogen-bond acceptors (Lipinski definition) is 2. The van der Waals surface area contributed by atoms with Crippen LogP contribution in [0.3, 0.4) is 0 Å². The van der Waals surface area contributed by atoms with Gasteiger partial charge in [0.05, 0.1) is 13.2 Å². The van der Waals surface area contributed by atoms with E-state index < -0.39 is 0 Å². The summed E-state index contributed by atoms with van der Waals surface area (Å²) >= 11 is 0. The molecule has 0 aromatic heterocycles. The smallest absolute Gasteiger partial charge is 0.168 e. The van der Waals surface area contributed by atoms with Crippen LogP contribution in [0.4, 0.5) is 0 Å². The quantitative estimate of drug-likeness (QED) is 0.511. The van der Waals surface area contributed by atoms with Crippen molar-refractivity contribution in [1.29, 1.82) is 0 Å². The van der Waals surface area contributed by atoms with Crippen LogP contribution in [0.5, 0.6) is 0 Å². The van der Waals surface area contributed by atoms with E-state index in [1.165, 1.54) is 6.42 Å². The first kappa shape index (κ1) is 6.62. The van der Waals surface area contributed by atoms with Gasteiger partial charge in [-0.1, -0.05) is 6.92 Å². The lowest BCUT2D eigenvalue weighted by Crippen LogP contribution is -2.48. The molecule has 2 heteroatoms. The van der Waals surface area contributed by atoms with Crippen molar-refractivity contribution in [3.63, 3.8) is 0 Å². The fourth-order valence-corrected chi connectivity index (χ4v) is 1.43. The predicted octanol–water partition coefficient (Wildman–Crippen LogP) is 1.55. The highest BCUT2D eigenvalue weighted by Gasteiger charge is 2.42. The van der Waals surface area contributed by atoms with Gasteiger partial charge in [0, 0.05) is 18.8 Å². The summed E-state index contributed by atoms with van der Waals surface area (Å²) in [6.07, 6.45) is 3.49. The molecular formula is C8H14O2. The van der Waals surface area contributed by atoms with Crippen LogP contribution in [-0.4, -0.2) is 19.0 Å². The van der Waals surface area contributed by atoms with Crippen LogP contribution in [-0.2, 0) is 9.47 Å². The Morgan fingerprint density at radius 2 is 1.80 bits per heavy atom. The zero-order chi connectivity index (χ0) is 7.03. The topological polar surface area (TPSA) is 18.5 Å². The normalized spacial score (nSPS) is 32.1. The average Bonchev–Trinajstić information content (AvgIpc) is 1.86. The lowest BCUT2D eigenvalue weighted by molar-refractivity contribution is -0.314. The Morgan fingerprint density at radius 3 is 2.20 bits per heavy atom. The Bertz CT molecular complexity index is 119. The summed E-state index contributed by atoms with van der Waals surface area (Å²) in [5.41, 5.74) is 0. The first-order valence-corrected chi connectivity index (χ1v) is 4.09. The molecule has 0 N–H and O–H groups in total. The second-order valence-corrected chi connectivity index (χ2v) is 3.49. The van der Waals surface area contributed by atoms with Crippen molar-refractivity contribution >= 4 is 0 Å². The van der Waals surface area contributed by atoms with E-state index in [1.807, 2.05) is 0 Å². The van der Waals surface area contributed by atoms with Crippen molar-refractivity contribution < 1.29 is 9.47 Å². The number of ether oxygens (including phenoxy) is 2. The molecule has 1 aliphatic heterocycles. The molecule has 0 bridgehead atoms. The first-order chi connectivity index (χ1) is 4.81. The maximum absolute atomic E-state index is 5.59. The third-order valence-electron chi connectivity index (χ3n) is 2.38. The minimum atomic E-state index is -0.119. The van der Waals surface area contributed by atoms with E-state index in [-0.39, 0.29) is 5.79 Å². The molecule has 0 radical (unpaired) electrons. The molecule has 2 rings (SSSR count). The Balaban J connectivity index is 1.90. The van der Waals surface area contributed by atoms with E-state index in [2.05, 4.69) is 6.92 Å². The summed E-state index contributed by atoms with van der Waals surface area (Å²) in [5.74, 6) is 0.471. The molecule has 58 valence electrons. The van der Waals surface area contributed by atoms with Gasteiger partial charge in [0.25, 0.3) is 0 Å². The summed E-state index contributed by atoms with van der Waals surface area (Å²) < 4.78 is 11.2. The summed E-state index contributed by atoms with van der Waals surface area (Å²) in [5, 5.41) is 0. The van der Waals surface area contributed by atoms with E-state index in [0.717, 1.165) is 26.1 Å². The van der Waals surface area contributed by atoms with Crippen molar-refractivity contribution in [1.82, 2.24) is 0 Å². The third kappa shape index (κ3) is 0.956. The molecule has 1 saturated heterocycles. The second-order valence-electron chi connectivity index (χ2n) is 3.49. The highest BCUT2D eigenvalue weighted by Crippen LogP contribution is 2.39. The van der Waals surface area contributed by atoms with Crippen molar-refractivity contribution in [3.05, 3.63) is 0 Å². The van der Waals surface area contributed by atoms with Crippen LogP contribution in [0.15, 0.2) is 0 Å². The fourth-order valence-electron chi connectivity index (χ4n) is 1.43. The predicted molar refractivity (Wildman–Crippen MR) is 37.7 cm³/mol. The molecular weight excluding hydrogens is 128 g/mol. The minimum absolute atomic E-state index is 0.119. The van der Waals surface area contributed by atoms with Crippen LogP contribution in [0.1, 0.15) is 26.2 Å². The van der Waals surface area contributed by atoms with Gasteiger partial charge >= 0.3 is 0 Å².